The number of hydroxylamine groups is 2. The molecular weight excluding hydrogens is 426 g/mol. The molecule has 1 aromatic carbocycles. The van der Waals surface area contributed by atoms with E-state index in [0.717, 1.165) is 18.2 Å². The van der Waals surface area contributed by atoms with Crippen LogP contribution >= 0.6 is 0 Å². The molecule has 174 valence electrons. The Morgan fingerprint density at radius 1 is 1.22 bits per heavy atom. The molecule has 1 saturated heterocycles. The second-order valence-electron chi connectivity index (χ2n) is 7.35. The molecule has 0 saturated carbocycles. The molecule has 0 unspecified atom stereocenters. The van der Waals surface area contributed by atoms with Crippen molar-refractivity contribution >= 4 is 12.0 Å². The number of carbonyl (C=O) groups is 1. The predicted octanol–water partition coefficient (Wildman–Crippen LogP) is 3.57. The van der Waals surface area contributed by atoms with Crippen LogP contribution in [0.1, 0.15) is 26.7 Å². The zero-order valence-electron chi connectivity index (χ0n) is 17.9. The molecule has 1 aliphatic rings. The average molecular weight is 452 g/mol. The first kappa shape index (κ1) is 23.5. The maximum absolute atomic E-state index is 13.5. The van der Waals surface area contributed by atoms with Gasteiger partial charge in [-0.15, -0.1) is 5.06 Å². The second kappa shape index (κ2) is 11.4. The van der Waals surface area contributed by atoms with Gasteiger partial charge in [0, 0.05) is 38.1 Å². The number of aromatic nitrogens is 2. The van der Waals surface area contributed by atoms with E-state index in [0.29, 0.717) is 44.2 Å². The van der Waals surface area contributed by atoms with Gasteiger partial charge in [0.2, 0.25) is 5.88 Å². The molecule has 0 bridgehead atoms. The maximum atomic E-state index is 13.5. The summed E-state index contributed by atoms with van der Waals surface area (Å²) in [4.78, 5) is 24.9. The zero-order valence-corrected chi connectivity index (χ0v) is 17.9. The van der Waals surface area contributed by atoms with Crippen molar-refractivity contribution in [3.8, 4) is 11.6 Å². The molecule has 1 aromatic heterocycles. The highest BCUT2D eigenvalue weighted by Gasteiger charge is 2.24. The standard InChI is InChI=1S/C21H26F2N4O5/c1-14(2)30-21(28)32-27-8-5-16(6-9-27)31-20-12-19(25-13-26-20)24-7-10-29-18-11-15(22)3-4-17(18)23/h3-4,11-14,16H,5-10H2,1-2H3,(H,24,25,26). The number of piperidine rings is 1. The summed E-state index contributed by atoms with van der Waals surface area (Å²) in [5.41, 5.74) is 0. The normalized spacial score (nSPS) is 14.8. The SMILES string of the molecule is CC(C)OC(=O)ON1CCC(Oc2cc(NCCOc3cc(F)ccc3F)ncn2)CC1. The lowest BCUT2D eigenvalue weighted by Gasteiger charge is -2.30. The minimum atomic E-state index is -0.713. The Kier molecular flexibility index (Phi) is 8.37. The predicted molar refractivity (Wildman–Crippen MR) is 110 cm³/mol. The van der Waals surface area contributed by atoms with Crippen LogP contribution in [-0.4, -0.2) is 59.6 Å². The lowest BCUT2D eigenvalue weighted by molar-refractivity contribution is -0.151. The van der Waals surface area contributed by atoms with Gasteiger partial charge >= 0.3 is 6.16 Å². The molecule has 11 heteroatoms. The Morgan fingerprint density at radius 2 is 2.00 bits per heavy atom. The third-order valence-electron chi connectivity index (χ3n) is 4.42. The van der Waals surface area contributed by atoms with Gasteiger partial charge in [0.25, 0.3) is 0 Å². The number of carbonyl (C=O) groups excluding carboxylic acids is 1. The highest BCUT2D eigenvalue weighted by Crippen LogP contribution is 2.20. The topological polar surface area (TPSA) is 95.0 Å². The Bertz CT molecular complexity index is 894. The van der Waals surface area contributed by atoms with Crippen LogP contribution in [0.2, 0.25) is 0 Å². The Balaban J connectivity index is 1.39. The average Bonchev–Trinajstić information content (AvgIpc) is 2.75. The van der Waals surface area contributed by atoms with Gasteiger partial charge in [-0.25, -0.2) is 23.5 Å². The number of rotatable bonds is 9. The minimum absolute atomic E-state index is 0.0852. The number of hydrogen-bond donors (Lipinski definition) is 1. The molecule has 32 heavy (non-hydrogen) atoms. The van der Waals surface area contributed by atoms with Crippen molar-refractivity contribution in [3.05, 3.63) is 42.2 Å². The fourth-order valence-electron chi connectivity index (χ4n) is 2.96. The van der Waals surface area contributed by atoms with Gasteiger partial charge in [-0.05, 0) is 26.0 Å². The summed E-state index contributed by atoms with van der Waals surface area (Å²) in [6.45, 7) is 4.96. The van der Waals surface area contributed by atoms with E-state index in [4.69, 9.17) is 19.0 Å². The van der Waals surface area contributed by atoms with Crippen LogP contribution in [0.3, 0.4) is 0 Å². The molecule has 1 aliphatic heterocycles. The van der Waals surface area contributed by atoms with E-state index in [2.05, 4.69) is 15.3 Å². The van der Waals surface area contributed by atoms with E-state index < -0.39 is 17.8 Å². The Hall–Kier alpha value is -3.21. The van der Waals surface area contributed by atoms with Crippen LogP contribution < -0.4 is 14.8 Å². The number of ether oxygens (including phenoxy) is 3. The van der Waals surface area contributed by atoms with Gasteiger partial charge in [0.15, 0.2) is 11.6 Å². The zero-order chi connectivity index (χ0) is 22.9. The van der Waals surface area contributed by atoms with E-state index in [1.165, 1.54) is 6.33 Å². The molecule has 1 N–H and O–H groups in total. The number of benzene rings is 1. The Morgan fingerprint density at radius 3 is 2.75 bits per heavy atom. The number of nitrogens with one attached hydrogen (secondary N) is 1. The molecule has 0 atom stereocenters. The van der Waals surface area contributed by atoms with Crippen molar-refractivity contribution in [2.75, 3.05) is 31.6 Å². The highest BCUT2D eigenvalue weighted by molar-refractivity contribution is 5.59. The smallest absolute Gasteiger partial charge is 0.489 e. The van der Waals surface area contributed by atoms with Gasteiger partial charge in [-0.3, -0.25) is 0 Å². The first-order valence-electron chi connectivity index (χ1n) is 10.3. The fraction of sp³-hybridized carbons (Fsp3) is 0.476. The third kappa shape index (κ3) is 7.49. The number of nitrogens with zero attached hydrogens (tertiary/aromatic N) is 3. The molecule has 0 aliphatic carbocycles. The van der Waals surface area contributed by atoms with Crippen molar-refractivity contribution < 1.29 is 32.6 Å². The molecular formula is C21H26F2N4O5. The first-order chi connectivity index (χ1) is 15.4. The summed E-state index contributed by atoms with van der Waals surface area (Å²) < 4.78 is 42.8. The summed E-state index contributed by atoms with van der Waals surface area (Å²) >= 11 is 0. The van der Waals surface area contributed by atoms with Crippen LogP contribution in [0.15, 0.2) is 30.6 Å². The van der Waals surface area contributed by atoms with Crippen molar-refractivity contribution in [2.45, 2.75) is 38.9 Å². The van der Waals surface area contributed by atoms with Gasteiger partial charge in [-0.2, -0.15) is 0 Å². The number of anilines is 1. The van der Waals surface area contributed by atoms with Crippen LogP contribution in [0.25, 0.3) is 0 Å². The van der Waals surface area contributed by atoms with Crippen molar-refractivity contribution in [3.63, 3.8) is 0 Å². The van der Waals surface area contributed by atoms with Gasteiger partial charge in [0.1, 0.15) is 30.7 Å². The van der Waals surface area contributed by atoms with Gasteiger partial charge in [-0.1, -0.05) is 0 Å². The lowest BCUT2D eigenvalue weighted by Crippen LogP contribution is -2.40. The van der Waals surface area contributed by atoms with Crippen LogP contribution in [0.5, 0.6) is 11.6 Å². The van der Waals surface area contributed by atoms with Crippen LogP contribution in [0.4, 0.5) is 19.4 Å². The quantitative estimate of drug-likeness (QED) is 0.453. The largest absolute Gasteiger partial charge is 0.528 e. The lowest BCUT2D eigenvalue weighted by atomic mass is 10.1. The van der Waals surface area contributed by atoms with Gasteiger partial charge < -0.3 is 24.4 Å². The fourth-order valence-corrected chi connectivity index (χ4v) is 2.96. The first-order valence-corrected chi connectivity index (χ1v) is 10.3. The monoisotopic (exact) mass is 452 g/mol. The summed E-state index contributed by atoms with van der Waals surface area (Å²) in [7, 11) is 0. The van der Waals surface area contributed by atoms with E-state index in [9.17, 15) is 13.6 Å². The molecule has 0 amide bonds. The molecule has 2 heterocycles. The Labute approximate surface area is 184 Å². The van der Waals surface area contributed by atoms with Crippen LogP contribution in [-0.2, 0) is 9.57 Å². The second-order valence-corrected chi connectivity index (χ2v) is 7.35. The maximum Gasteiger partial charge on any atom is 0.528 e. The molecule has 3 rings (SSSR count). The van der Waals surface area contributed by atoms with Gasteiger partial charge in [0.05, 0.1) is 12.6 Å². The van der Waals surface area contributed by atoms with E-state index >= 15 is 0 Å². The van der Waals surface area contributed by atoms with E-state index in [1.54, 1.807) is 25.0 Å². The van der Waals surface area contributed by atoms with E-state index in [-0.39, 0.29) is 24.6 Å². The van der Waals surface area contributed by atoms with E-state index in [1.807, 2.05) is 0 Å². The number of halogens is 2. The van der Waals surface area contributed by atoms with Crippen LogP contribution in [0, 0.1) is 11.6 Å². The summed E-state index contributed by atoms with van der Waals surface area (Å²) in [5.74, 6) is -0.433. The molecule has 1 fully saturated rings. The third-order valence-corrected chi connectivity index (χ3v) is 4.42. The number of hydrogen-bond acceptors (Lipinski definition) is 9. The molecule has 0 radical (unpaired) electrons. The van der Waals surface area contributed by atoms with Crippen molar-refractivity contribution in [1.29, 1.82) is 0 Å². The molecule has 2 aromatic rings. The summed E-state index contributed by atoms with van der Waals surface area (Å²) in [6, 6.07) is 4.68. The summed E-state index contributed by atoms with van der Waals surface area (Å²) in [5, 5.41) is 4.57. The molecule has 0 spiro atoms. The van der Waals surface area contributed by atoms with Crippen molar-refractivity contribution in [1.82, 2.24) is 15.0 Å². The molecule has 9 nitrogen and oxygen atoms in total. The summed E-state index contributed by atoms with van der Waals surface area (Å²) in [6.07, 6.45) is 1.63. The minimum Gasteiger partial charge on any atom is -0.489 e. The highest BCUT2D eigenvalue weighted by atomic mass is 19.1. The van der Waals surface area contributed by atoms with Crippen molar-refractivity contribution in [2.24, 2.45) is 0 Å².